The van der Waals surface area contributed by atoms with Crippen LogP contribution >= 0.6 is 11.6 Å². The standard InChI is InChI=1S/C17H17ClO4/c1-3-20-13-5-7-14(8-6-13)21-11-17(19)22-16-10-12(2)4-9-15(16)18/h4-10H,3,11H2,1-2H3. The predicted molar refractivity (Wildman–Crippen MR) is 84.9 cm³/mol. The van der Waals surface area contributed by atoms with E-state index in [0.717, 1.165) is 11.3 Å². The lowest BCUT2D eigenvalue weighted by Gasteiger charge is -2.09. The van der Waals surface area contributed by atoms with Crippen molar-refractivity contribution < 1.29 is 19.0 Å². The van der Waals surface area contributed by atoms with Crippen LogP contribution in [0.4, 0.5) is 0 Å². The fraction of sp³-hybridized carbons (Fsp3) is 0.235. The Morgan fingerprint density at radius 3 is 2.32 bits per heavy atom. The molecule has 116 valence electrons. The van der Waals surface area contributed by atoms with E-state index in [1.54, 1.807) is 36.4 Å². The Morgan fingerprint density at radius 1 is 1.05 bits per heavy atom. The zero-order valence-corrected chi connectivity index (χ0v) is 13.2. The monoisotopic (exact) mass is 320 g/mol. The average molecular weight is 321 g/mol. The molecule has 0 unspecified atom stereocenters. The van der Waals surface area contributed by atoms with Crippen molar-refractivity contribution in [2.75, 3.05) is 13.2 Å². The number of esters is 1. The molecule has 0 saturated heterocycles. The summed E-state index contributed by atoms with van der Waals surface area (Å²) in [6.45, 7) is 4.21. The molecule has 0 bridgehead atoms. The van der Waals surface area contributed by atoms with E-state index in [-0.39, 0.29) is 6.61 Å². The number of hydrogen-bond acceptors (Lipinski definition) is 4. The van der Waals surface area contributed by atoms with Crippen LogP contribution in [-0.2, 0) is 4.79 Å². The molecular formula is C17H17ClO4. The first-order chi connectivity index (χ1) is 10.6. The van der Waals surface area contributed by atoms with Gasteiger partial charge in [-0.25, -0.2) is 4.79 Å². The minimum Gasteiger partial charge on any atom is -0.494 e. The Balaban J connectivity index is 1.88. The number of ether oxygens (including phenoxy) is 3. The fourth-order valence-electron chi connectivity index (χ4n) is 1.78. The molecule has 0 aliphatic rings. The molecule has 2 aromatic carbocycles. The molecule has 2 aromatic rings. The summed E-state index contributed by atoms with van der Waals surface area (Å²) in [7, 11) is 0. The molecule has 5 heteroatoms. The van der Waals surface area contributed by atoms with Gasteiger partial charge in [0.15, 0.2) is 6.61 Å². The molecule has 0 aliphatic heterocycles. The summed E-state index contributed by atoms with van der Waals surface area (Å²) in [4.78, 5) is 11.8. The highest BCUT2D eigenvalue weighted by Crippen LogP contribution is 2.25. The quantitative estimate of drug-likeness (QED) is 0.595. The molecule has 0 spiro atoms. The van der Waals surface area contributed by atoms with Gasteiger partial charge in [-0.15, -0.1) is 0 Å². The minimum absolute atomic E-state index is 0.196. The third kappa shape index (κ3) is 4.67. The van der Waals surface area contributed by atoms with Crippen LogP contribution in [-0.4, -0.2) is 19.2 Å². The van der Waals surface area contributed by atoms with E-state index in [9.17, 15) is 4.79 Å². The lowest BCUT2D eigenvalue weighted by atomic mass is 10.2. The molecule has 0 fully saturated rings. The van der Waals surface area contributed by atoms with Crippen molar-refractivity contribution in [2.24, 2.45) is 0 Å². The number of aryl methyl sites for hydroxylation is 1. The molecule has 0 heterocycles. The molecule has 2 rings (SSSR count). The van der Waals surface area contributed by atoms with Gasteiger partial charge in [-0.1, -0.05) is 17.7 Å². The predicted octanol–water partition coefficient (Wildman–Crippen LogP) is 4.03. The van der Waals surface area contributed by atoms with Gasteiger partial charge in [-0.05, 0) is 55.8 Å². The Labute approximate surface area is 134 Å². The first-order valence-electron chi connectivity index (χ1n) is 6.91. The highest BCUT2D eigenvalue weighted by molar-refractivity contribution is 6.32. The van der Waals surface area contributed by atoms with E-state index < -0.39 is 5.97 Å². The lowest BCUT2D eigenvalue weighted by Crippen LogP contribution is -2.17. The summed E-state index contributed by atoms with van der Waals surface area (Å²) < 4.78 is 15.9. The van der Waals surface area contributed by atoms with Crippen LogP contribution in [0.2, 0.25) is 5.02 Å². The minimum atomic E-state index is -0.513. The highest BCUT2D eigenvalue weighted by Gasteiger charge is 2.09. The number of rotatable bonds is 6. The summed E-state index contributed by atoms with van der Waals surface area (Å²) in [6.07, 6.45) is 0. The van der Waals surface area contributed by atoms with Crippen molar-refractivity contribution >= 4 is 17.6 Å². The van der Waals surface area contributed by atoms with E-state index in [2.05, 4.69) is 0 Å². The van der Waals surface area contributed by atoms with Crippen molar-refractivity contribution in [1.29, 1.82) is 0 Å². The average Bonchev–Trinajstić information content (AvgIpc) is 2.51. The topological polar surface area (TPSA) is 44.8 Å². The van der Waals surface area contributed by atoms with Gasteiger partial charge in [0, 0.05) is 0 Å². The maximum atomic E-state index is 11.8. The molecule has 22 heavy (non-hydrogen) atoms. The zero-order chi connectivity index (χ0) is 15.9. The lowest BCUT2D eigenvalue weighted by molar-refractivity contribution is -0.136. The van der Waals surface area contributed by atoms with Crippen LogP contribution in [0.25, 0.3) is 0 Å². The zero-order valence-electron chi connectivity index (χ0n) is 12.5. The molecule has 0 saturated carbocycles. The maximum Gasteiger partial charge on any atom is 0.349 e. The van der Waals surface area contributed by atoms with Gasteiger partial charge in [-0.2, -0.15) is 0 Å². The summed E-state index contributed by atoms with van der Waals surface area (Å²) in [5, 5.41) is 0.389. The van der Waals surface area contributed by atoms with Crippen molar-refractivity contribution in [3.8, 4) is 17.2 Å². The first kappa shape index (κ1) is 16.2. The van der Waals surface area contributed by atoms with Crippen molar-refractivity contribution in [3.05, 3.63) is 53.1 Å². The van der Waals surface area contributed by atoms with E-state index in [0.29, 0.717) is 23.1 Å². The molecule has 0 aromatic heterocycles. The van der Waals surface area contributed by atoms with Gasteiger partial charge in [0.05, 0.1) is 11.6 Å². The summed E-state index contributed by atoms with van der Waals surface area (Å²) in [6, 6.07) is 12.3. The molecule has 0 atom stereocenters. The van der Waals surface area contributed by atoms with Gasteiger partial charge in [0.25, 0.3) is 0 Å². The van der Waals surface area contributed by atoms with Crippen LogP contribution in [0, 0.1) is 6.92 Å². The number of carbonyl (C=O) groups excluding carboxylic acids is 1. The third-order valence-corrected chi connectivity index (χ3v) is 3.11. The number of benzene rings is 2. The first-order valence-corrected chi connectivity index (χ1v) is 7.28. The van der Waals surface area contributed by atoms with E-state index >= 15 is 0 Å². The largest absolute Gasteiger partial charge is 0.494 e. The Kier molecular flexibility index (Phi) is 5.67. The Hall–Kier alpha value is -2.20. The second-order valence-corrected chi connectivity index (χ2v) is 5.01. The fourth-order valence-corrected chi connectivity index (χ4v) is 1.94. The Morgan fingerprint density at radius 2 is 1.68 bits per heavy atom. The van der Waals surface area contributed by atoms with E-state index in [1.807, 2.05) is 19.9 Å². The van der Waals surface area contributed by atoms with Crippen LogP contribution < -0.4 is 14.2 Å². The van der Waals surface area contributed by atoms with Gasteiger partial charge in [-0.3, -0.25) is 0 Å². The molecule has 0 N–H and O–H groups in total. The van der Waals surface area contributed by atoms with Gasteiger partial charge in [0.2, 0.25) is 0 Å². The van der Waals surface area contributed by atoms with Gasteiger partial charge >= 0.3 is 5.97 Å². The van der Waals surface area contributed by atoms with Crippen LogP contribution in [0.5, 0.6) is 17.2 Å². The SMILES string of the molecule is CCOc1ccc(OCC(=O)Oc2cc(C)ccc2Cl)cc1. The molecule has 4 nitrogen and oxygen atoms in total. The van der Waals surface area contributed by atoms with Crippen LogP contribution in [0.3, 0.4) is 0 Å². The maximum absolute atomic E-state index is 11.8. The van der Waals surface area contributed by atoms with Crippen LogP contribution in [0.15, 0.2) is 42.5 Å². The third-order valence-electron chi connectivity index (χ3n) is 2.80. The van der Waals surface area contributed by atoms with Gasteiger partial charge in [0.1, 0.15) is 17.2 Å². The second kappa shape index (κ2) is 7.71. The van der Waals surface area contributed by atoms with Crippen molar-refractivity contribution in [1.82, 2.24) is 0 Å². The highest BCUT2D eigenvalue weighted by atomic mass is 35.5. The van der Waals surface area contributed by atoms with Gasteiger partial charge < -0.3 is 14.2 Å². The van der Waals surface area contributed by atoms with E-state index in [4.69, 9.17) is 25.8 Å². The smallest absolute Gasteiger partial charge is 0.349 e. The normalized spacial score (nSPS) is 10.1. The molecule has 0 amide bonds. The Bertz CT molecular complexity index is 638. The number of carbonyl (C=O) groups is 1. The molecular weight excluding hydrogens is 304 g/mol. The van der Waals surface area contributed by atoms with Crippen molar-refractivity contribution in [2.45, 2.75) is 13.8 Å². The molecule has 0 radical (unpaired) electrons. The molecule has 0 aliphatic carbocycles. The van der Waals surface area contributed by atoms with Crippen molar-refractivity contribution in [3.63, 3.8) is 0 Å². The summed E-state index contributed by atoms with van der Waals surface area (Å²) >= 11 is 5.97. The van der Waals surface area contributed by atoms with E-state index in [1.165, 1.54) is 0 Å². The number of halogens is 1. The number of hydrogen-bond donors (Lipinski definition) is 0. The van der Waals surface area contributed by atoms with Crippen LogP contribution in [0.1, 0.15) is 12.5 Å². The summed E-state index contributed by atoms with van der Waals surface area (Å²) in [5.74, 6) is 1.14. The summed E-state index contributed by atoms with van der Waals surface area (Å²) in [5.41, 5.74) is 0.958. The second-order valence-electron chi connectivity index (χ2n) is 4.60.